The molecule has 0 aliphatic heterocycles. The first-order valence-electron chi connectivity index (χ1n) is 26.4. The normalized spacial score (nSPS) is 11.7. The minimum atomic E-state index is 0.0286. The van der Waals surface area contributed by atoms with Crippen LogP contribution < -0.4 is 0 Å². The molecule has 2 rings (SSSR count). The third-order valence-electron chi connectivity index (χ3n) is 12.3. The third kappa shape index (κ3) is 29.3. The maximum atomic E-state index is 12.3. The van der Waals surface area contributed by atoms with Crippen molar-refractivity contribution in [1.82, 2.24) is 0 Å². The molecule has 0 saturated heterocycles. The standard InChI is InChI=1S/C59H90N2O4/c1-7-9-11-13-15-16-17-18-19-20-21-22-23-24-25-26-27-28-29-30-31-33-35-37-59(61-57-41-39-53(43-49(4)63)55(47-57)45-51(6)65)58(36-34-32-14-12-10-8-2)60-56-40-38-52(42-48(3)62)54(46-56)44-50(5)64/h38-41,46-47H,7-34,36,42-45H2,1-6H3. The van der Waals surface area contributed by atoms with Crippen LogP contribution in [0.4, 0.5) is 11.4 Å². The molecule has 0 aliphatic carbocycles. The number of nitrogens with zero attached hydrogens (tertiary/aromatic N) is 2. The molecule has 0 bridgehead atoms. The second-order valence-corrected chi connectivity index (χ2v) is 19.1. The van der Waals surface area contributed by atoms with E-state index in [0.717, 1.165) is 66.5 Å². The summed E-state index contributed by atoms with van der Waals surface area (Å²) in [5.74, 6) is 7.07. The average Bonchev–Trinajstić information content (AvgIpc) is 3.25. The Bertz CT molecular complexity index is 1810. The first-order chi connectivity index (χ1) is 31.5. The molecule has 0 unspecified atom stereocenters. The largest absolute Gasteiger partial charge is 0.300 e. The molecule has 6 nitrogen and oxygen atoms in total. The van der Waals surface area contributed by atoms with Gasteiger partial charge in [0.05, 0.1) is 17.1 Å². The Hall–Kier alpha value is -3.98. The fraction of sp³-hybridized carbons (Fsp3) is 0.661. The van der Waals surface area contributed by atoms with Crippen LogP contribution >= 0.6 is 0 Å². The van der Waals surface area contributed by atoms with Gasteiger partial charge in [-0.3, -0.25) is 24.2 Å². The maximum Gasteiger partial charge on any atom is 0.135 e. The molecule has 6 heteroatoms. The summed E-state index contributed by atoms with van der Waals surface area (Å²) in [7, 11) is 0. The maximum absolute atomic E-state index is 12.3. The molecule has 0 N–H and O–H groups in total. The summed E-state index contributed by atoms with van der Waals surface area (Å²) < 4.78 is 0. The second-order valence-electron chi connectivity index (χ2n) is 19.1. The van der Waals surface area contributed by atoms with Crippen molar-refractivity contribution >= 4 is 45.9 Å². The van der Waals surface area contributed by atoms with E-state index >= 15 is 0 Å². The van der Waals surface area contributed by atoms with Gasteiger partial charge in [-0.2, -0.15) is 0 Å². The van der Waals surface area contributed by atoms with E-state index in [1.165, 1.54) is 141 Å². The van der Waals surface area contributed by atoms with E-state index in [-0.39, 0.29) is 48.8 Å². The number of aliphatic imine (C=N–C) groups is 2. The first-order valence-corrected chi connectivity index (χ1v) is 26.4. The van der Waals surface area contributed by atoms with Gasteiger partial charge in [0, 0.05) is 32.1 Å². The summed E-state index contributed by atoms with van der Waals surface area (Å²) >= 11 is 0. The van der Waals surface area contributed by atoms with E-state index in [9.17, 15) is 19.2 Å². The van der Waals surface area contributed by atoms with Crippen molar-refractivity contribution in [1.29, 1.82) is 0 Å². The second kappa shape index (κ2) is 37.1. The predicted molar refractivity (Wildman–Crippen MR) is 278 cm³/mol. The molecule has 0 atom stereocenters. The van der Waals surface area contributed by atoms with Crippen LogP contribution in [0.3, 0.4) is 0 Å². The molecule has 0 spiro atoms. The highest BCUT2D eigenvalue weighted by Crippen LogP contribution is 2.25. The van der Waals surface area contributed by atoms with Crippen molar-refractivity contribution in [2.75, 3.05) is 0 Å². The summed E-state index contributed by atoms with van der Waals surface area (Å²) in [5, 5.41) is 0. The van der Waals surface area contributed by atoms with E-state index in [1.807, 2.05) is 36.4 Å². The van der Waals surface area contributed by atoms with Crippen LogP contribution in [0, 0.1) is 11.8 Å². The summed E-state index contributed by atoms with van der Waals surface area (Å²) in [6.45, 7) is 10.8. The van der Waals surface area contributed by atoms with Gasteiger partial charge < -0.3 is 0 Å². The van der Waals surface area contributed by atoms with Gasteiger partial charge in [-0.1, -0.05) is 192 Å². The van der Waals surface area contributed by atoms with Crippen molar-refractivity contribution in [3.8, 4) is 11.8 Å². The van der Waals surface area contributed by atoms with E-state index in [2.05, 4.69) is 25.7 Å². The Kier molecular flexibility index (Phi) is 32.7. The van der Waals surface area contributed by atoms with Gasteiger partial charge >= 0.3 is 0 Å². The minimum absolute atomic E-state index is 0.0286. The Balaban J connectivity index is 2.12. The molecule has 65 heavy (non-hydrogen) atoms. The van der Waals surface area contributed by atoms with Crippen molar-refractivity contribution < 1.29 is 19.2 Å². The molecule has 360 valence electrons. The molecule has 0 aromatic heterocycles. The highest BCUT2D eigenvalue weighted by atomic mass is 16.1. The zero-order chi connectivity index (χ0) is 47.3. The van der Waals surface area contributed by atoms with Crippen LogP contribution in [0.5, 0.6) is 0 Å². The van der Waals surface area contributed by atoms with E-state index in [1.54, 1.807) is 27.7 Å². The minimum Gasteiger partial charge on any atom is -0.300 e. The lowest BCUT2D eigenvalue weighted by molar-refractivity contribution is -0.117. The van der Waals surface area contributed by atoms with Gasteiger partial charge in [-0.15, -0.1) is 0 Å². The average molecular weight is 891 g/mol. The van der Waals surface area contributed by atoms with E-state index < -0.39 is 0 Å². The van der Waals surface area contributed by atoms with Crippen LogP contribution in [0.15, 0.2) is 46.4 Å². The predicted octanol–water partition coefficient (Wildman–Crippen LogP) is 16.4. The Labute approximate surface area is 397 Å². The van der Waals surface area contributed by atoms with Gasteiger partial charge in [0.1, 0.15) is 28.8 Å². The van der Waals surface area contributed by atoms with Crippen molar-refractivity contribution in [3.63, 3.8) is 0 Å². The molecule has 0 heterocycles. The number of hydrogen-bond donors (Lipinski definition) is 0. The molecule has 2 aromatic carbocycles. The molecule has 2 aromatic rings. The topological polar surface area (TPSA) is 93.0 Å². The molecule has 0 aliphatic rings. The van der Waals surface area contributed by atoms with Crippen molar-refractivity contribution in [2.24, 2.45) is 9.98 Å². The number of ketones is 4. The Morgan fingerprint density at radius 3 is 1.09 bits per heavy atom. The van der Waals surface area contributed by atoms with Crippen molar-refractivity contribution in [2.45, 2.75) is 253 Å². The number of Topliss-reactive ketones (excluding diaryl/α,β-unsaturated/α-hetero) is 4. The van der Waals surface area contributed by atoms with Gasteiger partial charge in [0.25, 0.3) is 0 Å². The van der Waals surface area contributed by atoms with Crippen LogP contribution in [0.1, 0.15) is 250 Å². The number of benzene rings is 2. The molecule has 0 saturated carbocycles. The number of carbonyl (C=O) groups is 4. The number of carbonyl (C=O) groups excluding carboxylic acids is 4. The summed E-state index contributed by atoms with van der Waals surface area (Å²) in [6, 6.07) is 11.5. The number of rotatable bonds is 39. The number of hydrogen-bond acceptors (Lipinski definition) is 6. The monoisotopic (exact) mass is 891 g/mol. The lowest BCUT2D eigenvalue weighted by Crippen LogP contribution is -2.13. The van der Waals surface area contributed by atoms with Gasteiger partial charge in [-0.25, -0.2) is 4.99 Å². The first kappa shape index (κ1) is 57.1. The van der Waals surface area contributed by atoms with Gasteiger partial charge in [-0.05, 0) is 99.4 Å². The number of unbranched alkanes of at least 4 members (excludes halogenated alkanes) is 26. The van der Waals surface area contributed by atoms with Gasteiger partial charge in [0.2, 0.25) is 0 Å². The highest BCUT2D eigenvalue weighted by Gasteiger charge is 2.14. The Morgan fingerprint density at radius 2 is 0.723 bits per heavy atom. The summed E-state index contributed by atoms with van der Waals surface area (Å²) in [5.41, 5.74) is 6.12. The van der Waals surface area contributed by atoms with Crippen molar-refractivity contribution in [3.05, 3.63) is 58.7 Å². The molecular formula is C59H90N2O4. The lowest BCUT2D eigenvalue weighted by atomic mass is 9.97. The quantitative estimate of drug-likeness (QED) is 0.0380. The zero-order valence-electron chi connectivity index (χ0n) is 42.3. The highest BCUT2D eigenvalue weighted by molar-refractivity contribution is 6.49. The lowest BCUT2D eigenvalue weighted by Gasteiger charge is -2.12. The summed E-state index contributed by atoms with van der Waals surface area (Å²) in [6.07, 6.45) is 37.8. The van der Waals surface area contributed by atoms with Crippen LogP contribution in [-0.4, -0.2) is 34.6 Å². The Morgan fingerprint density at radius 1 is 0.400 bits per heavy atom. The molecular weight excluding hydrogens is 801 g/mol. The van der Waals surface area contributed by atoms with E-state index in [4.69, 9.17) is 9.98 Å². The van der Waals surface area contributed by atoms with E-state index in [0.29, 0.717) is 23.5 Å². The van der Waals surface area contributed by atoms with Crippen LogP contribution in [-0.2, 0) is 44.9 Å². The molecule has 0 amide bonds. The van der Waals surface area contributed by atoms with Gasteiger partial charge in [0.15, 0.2) is 0 Å². The zero-order valence-corrected chi connectivity index (χ0v) is 42.3. The molecule has 0 fully saturated rings. The molecule has 0 radical (unpaired) electrons. The third-order valence-corrected chi connectivity index (χ3v) is 12.3. The SMILES string of the molecule is CCCCCCCCCCCCCCCCCCCCCCCC#CC(=Nc1ccc(CC(C)=O)c(CC(C)=O)c1)C(CCCCCCCC)=Nc1ccc(CC(C)=O)c(CC(C)=O)c1. The smallest absolute Gasteiger partial charge is 0.135 e. The van der Waals surface area contributed by atoms with Crippen LogP contribution in [0.2, 0.25) is 0 Å². The fourth-order valence-corrected chi connectivity index (χ4v) is 8.65. The fourth-order valence-electron chi connectivity index (χ4n) is 8.65. The summed E-state index contributed by atoms with van der Waals surface area (Å²) in [4.78, 5) is 59.1. The van der Waals surface area contributed by atoms with Crippen LogP contribution in [0.25, 0.3) is 0 Å².